The van der Waals surface area contributed by atoms with Crippen molar-refractivity contribution < 1.29 is 39.8 Å². The average Bonchev–Trinajstić information content (AvgIpc) is 2.54. The maximum Gasteiger partial charge on any atom is 0.197 e. The zero-order chi connectivity index (χ0) is 19.0. The van der Waals surface area contributed by atoms with E-state index in [9.17, 15) is 30.3 Å². The van der Waals surface area contributed by atoms with Gasteiger partial charge >= 0.3 is 0 Å². The fraction of sp³-hybridized carbons (Fsp3) is 0.389. The zero-order valence-electron chi connectivity index (χ0n) is 14.1. The van der Waals surface area contributed by atoms with Crippen molar-refractivity contribution in [3.8, 4) is 17.2 Å². The van der Waals surface area contributed by atoms with E-state index in [1.54, 1.807) is 13.8 Å². The van der Waals surface area contributed by atoms with Crippen molar-refractivity contribution in [1.82, 2.24) is 0 Å². The zero-order valence-corrected chi connectivity index (χ0v) is 14.1. The molecule has 0 saturated heterocycles. The standard InChI is InChI=1S/C18H18O8/c1-18(2)17(24)13(22)8-5-7-12(21)11-9(20)3-6(19)4-10(11)25-15(7)14(23)16(8)26-18/h3-4,7,13,17,19-20,22-24H,5H2,1-2H3/t7?,13-,17-/m1/s1. The van der Waals surface area contributed by atoms with Crippen LogP contribution in [0, 0.1) is 5.92 Å². The third kappa shape index (κ3) is 2.12. The fourth-order valence-electron chi connectivity index (χ4n) is 3.64. The summed E-state index contributed by atoms with van der Waals surface area (Å²) in [7, 11) is 0. The Kier molecular flexibility index (Phi) is 3.32. The van der Waals surface area contributed by atoms with Gasteiger partial charge in [-0.15, -0.1) is 0 Å². The van der Waals surface area contributed by atoms with Gasteiger partial charge < -0.3 is 35.0 Å². The summed E-state index contributed by atoms with van der Waals surface area (Å²) >= 11 is 0. The molecule has 1 unspecified atom stereocenters. The number of hydrogen-bond donors (Lipinski definition) is 5. The Morgan fingerprint density at radius 2 is 1.85 bits per heavy atom. The first-order chi connectivity index (χ1) is 12.1. The normalized spacial score (nSPS) is 29.4. The monoisotopic (exact) mass is 362 g/mol. The van der Waals surface area contributed by atoms with Gasteiger partial charge in [-0.2, -0.15) is 0 Å². The molecule has 0 spiro atoms. The third-order valence-corrected chi connectivity index (χ3v) is 5.06. The highest BCUT2D eigenvalue weighted by atomic mass is 16.5. The number of rotatable bonds is 0. The lowest BCUT2D eigenvalue weighted by Gasteiger charge is -2.44. The van der Waals surface area contributed by atoms with Crippen LogP contribution in [0.3, 0.4) is 0 Å². The van der Waals surface area contributed by atoms with Gasteiger partial charge in [-0.1, -0.05) is 0 Å². The molecule has 8 nitrogen and oxygen atoms in total. The third-order valence-electron chi connectivity index (χ3n) is 5.06. The molecular weight excluding hydrogens is 344 g/mol. The van der Waals surface area contributed by atoms with Crippen LogP contribution in [-0.2, 0) is 4.74 Å². The van der Waals surface area contributed by atoms with E-state index in [4.69, 9.17) is 9.47 Å². The van der Waals surface area contributed by atoms with Crippen LogP contribution in [0.2, 0.25) is 0 Å². The Balaban J connectivity index is 1.86. The molecule has 1 aromatic rings. The molecule has 1 aliphatic carbocycles. The van der Waals surface area contributed by atoms with Crippen molar-refractivity contribution >= 4 is 5.78 Å². The Hall–Kier alpha value is -2.71. The fourth-order valence-corrected chi connectivity index (χ4v) is 3.64. The summed E-state index contributed by atoms with van der Waals surface area (Å²) in [4.78, 5) is 12.8. The van der Waals surface area contributed by atoms with Crippen molar-refractivity contribution in [3.05, 3.63) is 40.5 Å². The van der Waals surface area contributed by atoms with E-state index in [0.29, 0.717) is 0 Å². The summed E-state index contributed by atoms with van der Waals surface area (Å²) in [6, 6.07) is 2.19. The molecular formula is C18H18O8. The van der Waals surface area contributed by atoms with Gasteiger partial charge in [-0.3, -0.25) is 4.79 Å². The molecule has 2 heterocycles. The van der Waals surface area contributed by atoms with E-state index in [-0.39, 0.29) is 40.6 Å². The average molecular weight is 362 g/mol. The molecule has 5 N–H and O–H groups in total. The lowest BCUT2D eigenvalue weighted by atomic mass is 9.77. The summed E-state index contributed by atoms with van der Waals surface area (Å²) in [6.07, 6.45) is -2.60. The summed E-state index contributed by atoms with van der Waals surface area (Å²) < 4.78 is 11.3. The molecule has 2 aliphatic heterocycles. The molecule has 0 amide bonds. The van der Waals surface area contributed by atoms with Crippen LogP contribution in [0.4, 0.5) is 0 Å². The van der Waals surface area contributed by atoms with Gasteiger partial charge in [0.25, 0.3) is 0 Å². The van der Waals surface area contributed by atoms with Crippen LogP contribution in [0.5, 0.6) is 17.2 Å². The number of phenolic OH excluding ortho intramolecular Hbond substituents is 2. The van der Waals surface area contributed by atoms with Crippen molar-refractivity contribution in [2.75, 3.05) is 0 Å². The number of carbonyl (C=O) groups is 1. The molecule has 8 heteroatoms. The van der Waals surface area contributed by atoms with Crippen molar-refractivity contribution in [2.45, 2.75) is 38.1 Å². The topological polar surface area (TPSA) is 137 Å². The number of Topliss-reactive ketones (excluding diaryl/α,β-unsaturated/α-hetero) is 1. The van der Waals surface area contributed by atoms with Crippen LogP contribution >= 0.6 is 0 Å². The number of ether oxygens (including phenoxy) is 2. The molecule has 3 aliphatic rings. The van der Waals surface area contributed by atoms with Gasteiger partial charge in [-0.25, -0.2) is 0 Å². The first kappa shape index (κ1) is 16.7. The predicted octanol–water partition coefficient (Wildman–Crippen LogP) is 1.25. The number of aliphatic hydroxyl groups excluding tert-OH is 3. The molecule has 0 bridgehead atoms. The predicted molar refractivity (Wildman–Crippen MR) is 86.7 cm³/mol. The number of hydrogen-bond acceptors (Lipinski definition) is 8. The van der Waals surface area contributed by atoms with Crippen LogP contribution in [0.25, 0.3) is 0 Å². The Morgan fingerprint density at radius 3 is 2.54 bits per heavy atom. The summed E-state index contributed by atoms with van der Waals surface area (Å²) in [5.41, 5.74) is -1.07. The first-order valence-electron chi connectivity index (χ1n) is 8.11. The number of aromatic hydroxyl groups is 2. The molecule has 0 saturated carbocycles. The highest BCUT2D eigenvalue weighted by Gasteiger charge is 2.50. The Labute approximate surface area is 148 Å². The largest absolute Gasteiger partial charge is 0.508 e. The van der Waals surface area contributed by atoms with E-state index in [1.807, 2.05) is 0 Å². The molecule has 4 rings (SSSR count). The highest BCUT2D eigenvalue weighted by Crippen LogP contribution is 2.49. The second-order valence-electron chi connectivity index (χ2n) is 7.22. The van der Waals surface area contributed by atoms with Gasteiger partial charge in [0.1, 0.15) is 40.6 Å². The maximum atomic E-state index is 12.8. The van der Waals surface area contributed by atoms with E-state index in [2.05, 4.69) is 0 Å². The van der Waals surface area contributed by atoms with Gasteiger partial charge in [0.15, 0.2) is 23.1 Å². The van der Waals surface area contributed by atoms with Gasteiger partial charge in [0, 0.05) is 17.7 Å². The van der Waals surface area contributed by atoms with Gasteiger partial charge in [0.2, 0.25) is 0 Å². The van der Waals surface area contributed by atoms with Crippen LogP contribution in [-0.4, -0.2) is 49.1 Å². The number of phenols is 2. The summed E-state index contributed by atoms with van der Waals surface area (Å²) in [5.74, 6) is -2.87. The van der Waals surface area contributed by atoms with Gasteiger partial charge in [0.05, 0.1) is 5.92 Å². The second-order valence-corrected chi connectivity index (χ2v) is 7.22. The molecule has 3 atom stereocenters. The van der Waals surface area contributed by atoms with E-state index in [0.717, 1.165) is 12.1 Å². The molecule has 0 aromatic heterocycles. The van der Waals surface area contributed by atoms with Crippen LogP contribution < -0.4 is 4.74 Å². The lowest BCUT2D eigenvalue weighted by molar-refractivity contribution is -0.132. The minimum absolute atomic E-state index is 0.0281. The summed E-state index contributed by atoms with van der Waals surface area (Å²) in [5, 5.41) is 50.9. The first-order valence-corrected chi connectivity index (χ1v) is 8.11. The number of benzene rings is 1. The second kappa shape index (κ2) is 5.15. The summed E-state index contributed by atoms with van der Waals surface area (Å²) in [6.45, 7) is 3.12. The quantitative estimate of drug-likeness (QED) is 0.465. The van der Waals surface area contributed by atoms with E-state index in [1.165, 1.54) is 0 Å². The molecule has 0 fully saturated rings. The number of fused-ring (bicyclic) bond motifs is 2. The van der Waals surface area contributed by atoms with E-state index < -0.39 is 41.0 Å². The molecule has 138 valence electrons. The lowest BCUT2D eigenvalue weighted by Crippen LogP contribution is -2.52. The van der Waals surface area contributed by atoms with Gasteiger partial charge in [-0.05, 0) is 20.3 Å². The van der Waals surface area contributed by atoms with Crippen molar-refractivity contribution in [1.29, 1.82) is 0 Å². The number of aliphatic hydroxyl groups is 3. The van der Waals surface area contributed by atoms with Crippen molar-refractivity contribution in [2.24, 2.45) is 5.92 Å². The number of allylic oxidation sites excluding steroid dienone is 1. The molecule has 1 aromatic carbocycles. The maximum absolute atomic E-state index is 12.8. The van der Waals surface area contributed by atoms with Crippen LogP contribution in [0.15, 0.2) is 35.0 Å². The SMILES string of the molecule is CC1(C)OC2=C(CC3C(=O)c4c(O)cc(O)cc4OC3=C2O)[C@@H](O)[C@H]1O. The minimum atomic E-state index is -1.32. The number of ketones is 1. The smallest absolute Gasteiger partial charge is 0.197 e. The minimum Gasteiger partial charge on any atom is -0.508 e. The molecule has 26 heavy (non-hydrogen) atoms. The van der Waals surface area contributed by atoms with Crippen LogP contribution in [0.1, 0.15) is 30.6 Å². The number of carbonyl (C=O) groups excluding carboxylic acids is 1. The Bertz CT molecular complexity index is 895. The van der Waals surface area contributed by atoms with Crippen molar-refractivity contribution in [3.63, 3.8) is 0 Å². The Morgan fingerprint density at radius 1 is 1.15 bits per heavy atom. The molecule has 0 radical (unpaired) electrons. The van der Waals surface area contributed by atoms with E-state index >= 15 is 0 Å². The highest BCUT2D eigenvalue weighted by molar-refractivity contribution is 6.06.